The van der Waals surface area contributed by atoms with Crippen LogP contribution < -0.4 is 0 Å². The van der Waals surface area contributed by atoms with Gasteiger partial charge in [-0.05, 0) is 30.8 Å². The van der Waals surface area contributed by atoms with Crippen LogP contribution in [0.5, 0.6) is 0 Å². The van der Waals surface area contributed by atoms with Crippen LogP contribution in [0.1, 0.15) is 33.6 Å². The van der Waals surface area contributed by atoms with E-state index in [2.05, 4.69) is 39.5 Å². The number of hydrogen-bond donors (Lipinski definition) is 0. The molecule has 78 valence electrons. The Bertz CT molecular complexity index is 275. The lowest BCUT2D eigenvalue weighted by atomic mass is 9.65. The summed E-state index contributed by atoms with van der Waals surface area (Å²) in [7, 11) is 0. The molecule has 3 atom stereocenters. The minimum Gasteiger partial charge on any atom is -0.366 e. The van der Waals surface area contributed by atoms with Gasteiger partial charge in [0.15, 0.2) is 0 Å². The number of hydrogen-bond acceptors (Lipinski definition) is 1. The standard InChI is InChI=1S/C13H20O/c1-5-6-11-12-9(2)10(14-11)7-8-13(12,3)4/h5-6,10-12H,2,7-8H2,1,3-4H3/b6-5+/t10-,11-,12+/m0/s1. The van der Waals surface area contributed by atoms with Crippen molar-refractivity contribution in [3.8, 4) is 0 Å². The van der Waals surface area contributed by atoms with E-state index in [4.69, 9.17) is 4.74 Å². The van der Waals surface area contributed by atoms with Crippen LogP contribution in [0.2, 0.25) is 0 Å². The van der Waals surface area contributed by atoms with Crippen molar-refractivity contribution in [1.29, 1.82) is 0 Å². The van der Waals surface area contributed by atoms with Gasteiger partial charge < -0.3 is 4.74 Å². The zero-order valence-corrected chi connectivity index (χ0v) is 9.42. The maximum absolute atomic E-state index is 5.99. The van der Waals surface area contributed by atoms with Gasteiger partial charge in [0, 0.05) is 5.92 Å². The van der Waals surface area contributed by atoms with Gasteiger partial charge in [-0.2, -0.15) is 0 Å². The van der Waals surface area contributed by atoms with Crippen LogP contribution in [0.25, 0.3) is 0 Å². The Kier molecular flexibility index (Phi) is 2.30. The fraction of sp³-hybridized carbons (Fsp3) is 0.692. The molecule has 1 aliphatic carbocycles. The van der Waals surface area contributed by atoms with Crippen molar-refractivity contribution < 1.29 is 4.74 Å². The van der Waals surface area contributed by atoms with Crippen LogP contribution in [-0.4, -0.2) is 12.2 Å². The van der Waals surface area contributed by atoms with E-state index in [1.165, 1.54) is 12.0 Å². The van der Waals surface area contributed by atoms with E-state index in [0.717, 1.165) is 6.42 Å². The lowest BCUT2D eigenvalue weighted by Crippen LogP contribution is -2.33. The lowest BCUT2D eigenvalue weighted by Gasteiger charge is -2.37. The highest BCUT2D eigenvalue weighted by atomic mass is 16.5. The average molecular weight is 192 g/mol. The van der Waals surface area contributed by atoms with Crippen molar-refractivity contribution in [3.63, 3.8) is 0 Å². The van der Waals surface area contributed by atoms with Gasteiger partial charge in [-0.1, -0.05) is 32.6 Å². The first kappa shape index (κ1) is 9.97. The average Bonchev–Trinajstić information content (AvgIpc) is 2.32. The molecule has 2 rings (SSSR count). The summed E-state index contributed by atoms with van der Waals surface area (Å²) in [6.07, 6.45) is 7.29. The van der Waals surface area contributed by atoms with Crippen molar-refractivity contribution in [2.45, 2.75) is 45.8 Å². The number of allylic oxidation sites excluding steroid dienone is 1. The smallest absolute Gasteiger partial charge is 0.0835 e. The fourth-order valence-electron chi connectivity index (χ4n) is 2.97. The molecule has 2 aliphatic rings. The van der Waals surface area contributed by atoms with Crippen molar-refractivity contribution >= 4 is 0 Å². The first-order chi connectivity index (χ1) is 6.56. The van der Waals surface area contributed by atoms with Gasteiger partial charge in [0.2, 0.25) is 0 Å². The second kappa shape index (κ2) is 3.23. The van der Waals surface area contributed by atoms with E-state index < -0.39 is 0 Å². The molecule has 1 heteroatoms. The van der Waals surface area contributed by atoms with Gasteiger partial charge in [0.25, 0.3) is 0 Å². The van der Waals surface area contributed by atoms with E-state index in [0.29, 0.717) is 17.4 Å². The highest BCUT2D eigenvalue weighted by Gasteiger charge is 2.49. The van der Waals surface area contributed by atoms with Crippen LogP contribution in [0.15, 0.2) is 24.3 Å². The van der Waals surface area contributed by atoms with Crippen LogP contribution in [0, 0.1) is 11.3 Å². The quantitative estimate of drug-likeness (QED) is 0.579. The Morgan fingerprint density at radius 3 is 2.86 bits per heavy atom. The molecule has 0 spiro atoms. The Balaban J connectivity index is 2.30. The number of fused-ring (bicyclic) bond motifs is 2. The zero-order chi connectivity index (χ0) is 10.3. The summed E-state index contributed by atoms with van der Waals surface area (Å²) in [5, 5.41) is 0. The Labute approximate surface area is 86.8 Å². The van der Waals surface area contributed by atoms with Crippen LogP contribution in [0.3, 0.4) is 0 Å². The fourth-order valence-corrected chi connectivity index (χ4v) is 2.97. The van der Waals surface area contributed by atoms with Gasteiger partial charge in [-0.15, -0.1) is 0 Å². The van der Waals surface area contributed by atoms with E-state index in [-0.39, 0.29) is 6.10 Å². The lowest BCUT2D eigenvalue weighted by molar-refractivity contribution is 0.0709. The summed E-state index contributed by atoms with van der Waals surface area (Å²) in [5.74, 6) is 0.525. The van der Waals surface area contributed by atoms with E-state index >= 15 is 0 Å². The number of rotatable bonds is 1. The molecule has 0 aromatic carbocycles. The topological polar surface area (TPSA) is 9.23 Å². The molecule has 1 saturated heterocycles. The molecule has 14 heavy (non-hydrogen) atoms. The molecule has 1 aliphatic heterocycles. The van der Waals surface area contributed by atoms with Crippen molar-refractivity contribution in [2.24, 2.45) is 11.3 Å². The summed E-state index contributed by atoms with van der Waals surface area (Å²) >= 11 is 0. The van der Waals surface area contributed by atoms with Crippen molar-refractivity contribution in [2.75, 3.05) is 0 Å². The molecule has 0 amide bonds. The summed E-state index contributed by atoms with van der Waals surface area (Å²) in [5.41, 5.74) is 1.68. The summed E-state index contributed by atoms with van der Waals surface area (Å²) in [4.78, 5) is 0. The molecule has 0 N–H and O–H groups in total. The van der Waals surface area contributed by atoms with Gasteiger partial charge in [0.1, 0.15) is 0 Å². The minimum atomic E-state index is 0.273. The zero-order valence-electron chi connectivity index (χ0n) is 9.42. The molecule has 0 aromatic rings. The summed E-state index contributed by atoms with van der Waals surface area (Å²) in [6.45, 7) is 10.9. The van der Waals surface area contributed by atoms with Gasteiger partial charge in [-0.3, -0.25) is 0 Å². The van der Waals surface area contributed by atoms with Crippen LogP contribution >= 0.6 is 0 Å². The molecule has 1 heterocycles. The molecule has 1 nitrogen and oxygen atoms in total. The highest BCUT2D eigenvalue weighted by Crippen LogP contribution is 2.51. The van der Waals surface area contributed by atoms with Crippen molar-refractivity contribution in [1.82, 2.24) is 0 Å². The maximum Gasteiger partial charge on any atom is 0.0835 e. The third-order valence-corrected chi connectivity index (χ3v) is 3.74. The Morgan fingerprint density at radius 1 is 1.50 bits per heavy atom. The first-order valence-electron chi connectivity index (χ1n) is 5.53. The summed E-state index contributed by atoms with van der Waals surface area (Å²) < 4.78 is 5.99. The number of ether oxygens (including phenoxy) is 1. The second-order valence-electron chi connectivity index (χ2n) is 5.19. The monoisotopic (exact) mass is 192 g/mol. The van der Waals surface area contributed by atoms with E-state index in [1.54, 1.807) is 0 Å². The highest BCUT2D eigenvalue weighted by molar-refractivity contribution is 5.24. The SMILES string of the molecule is C=C1[C@@H]2CCC(C)(C)[C@H]1[C@H](/C=C/C)O2. The van der Waals surface area contributed by atoms with E-state index in [1.807, 2.05) is 0 Å². The third kappa shape index (κ3) is 1.35. The Hall–Kier alpha value is -0.560. The van der Waals surface area contributed by atoms with Gasteiger partial charge in [0.05, 0.1) is 12.2 Å². The van der Waals surface area contributed by atoms with Gasteiger partial charge in [-0.25, -0.2) is 0 Å². The predicted molar refractivity (Wildman–Crippen MR) is 59.1 cm³/mol. The molecule has 0 radical (unpaired) electrons. The van der Waals surface area contributed by atoms with Crippen LogP contribution in [-0.2, 0) is 4.74 Å². The molecular weight excluding hydrogens is 172 g/mol. The minimum absolute atomic E-state index is 0.273. The van der Waals surface area contributed by atoms with Crippen LogP contribution in [0.4, 0.5) is 0 Å². The Morgan fingerprint density at radius 2 is 2.21 bits per heavy atom. The van der Waals surface area contributed by atoms with Crippen molar-refractivity contribution in [3.05, 3.63) is 24.3 Å². The molecule has 0 unspecified atom stereocenters. The molecular formula is C13H20O. The molecule has 0 aromatic heterocycles. The first-order valence-corrected chi connectivity index (χ1v) is 5.53. The third-order valence-electron chi connectivity index (χ3n) is 3.74. The van der Waals surface area contributed by atoms with E-state index in [9.17, 15) is 0 Å². The predicted octanol–water partition coefficient (Wildman–Crippen LogP) is 3.32. The maximum atomic E-state index is 5.99. The molecule has 2 bridgehead atoms. The summed E-state index contributed by atoms with van der Waals surface area (Å²) in [6, 6.07) is 0. The molecule has 2 fully saturated rings. The molecule has 1 saturated carbocycles. The normalized spacial score (nSPS) is 40.8. The van der Waals surface area contributed by atoms with Gasteiger partial charge >= 0.3 is 0 Å². The second-order valence-corrected chi connectivity index (χ2v) is 5.19. The largest absolute Gasteiger partial charge is 0.366 e.